The minimum absolute atomic E-state index is 0.272. The van der Waals surface area contributed by atoms with E-state index in [1.165, 1.54) is 6.07 Å². The Morgan fingerprint density at radius 3 is 2.40 bits per heavy atom. The number of hydrogen-bond donors (Lipinski definition) is 1. The van der Waals surface area contributed by atoms with Crippen molar-refractivity contribution >= 4 is 17.3 Å². The summed E-state index contributed by atoms with van der Waals surface area (Å²) < 4.78 is 39.7. The van der Waals surface area contributed by atoms with Crippen molar-refractivity contribution < 1.29 is 13.2 Å². The van der Waals surface area contributed by atoms with Crippen molar-refractivity contribution in [3.05, 3.63) is 64.4 Å². The molecular formula is C14H8ClF3N2. The molecule has 2 aromatic rings. The van der Waals surface area contributed by atoms with Gasteiger partial charge in [0.25, 0.3) is 0 Å². The average molecular weight is 297 g/mol. The van der Waals surface area contributed by atoms with Crippen LogP contribution >= 0.6 is 11.6 Å². The highest BCUT2D eigenvalue weighted by Gasteiger charge is 2.18. The number of nitrogens with one attached hydrogen (secondary N) is 1. The second kappa shape index (κ2) is 5.85. The Kier molecular flexibility index (Phi) is 4.16. The number of halogens is 4. The maximum Gasteiger partial charge on any atom is 0.161 e. The first kappa shape index (κ1) is 14.2. The summed E-state index contributed by atoms with van der Waals surface area (Å²) in [5.74, 6) is -3.51. The van der Waals surface area contributed by atoms with Gasteiger partial charge in [-0.2, -0.15) is 5.26 Å². The first-order valence-corrected chi connectivity index (χ1v) is 5.95. The van der Waals surface area contributed by atoms with Crippen LogP contribution in [0.3, 0.4) is 0 Å². The standard InChI is InChI=1S/C14H8ClF3N2/c15-8-2-1-3-9(4-8)20-14(7-19)10-5-12(17)13(18)6-11(10)16/h1-6,14,20H. The molecule has 1 atom stereocenters. The van der Waals surface area contributed by atoms with E-state index in [2.05, 4.69) is 5.32 Å². The van der Waals surface area contributed by atoms with Crippen molar-refractivity contribution in [2.75, 3.05) is 5.32 Å². The molecule has 0 saturated carbocycles. The summed E-state index contributed by atoms with van der Waals surface area (Å²) in [7, 11) is 0. The van der Waals surface area contributed by atoms with Gasteiger partial charge >= 0.3 is 0 Å². The second-order valence-corrected chi connectivity index (χ2v) is 4.44. The van der Waals surface area contributed by atoms with Crippen molar-refractivity contribution in [2.45, 2.75) is 6.04 Å². The maximum atomic E-state index is 13.6. The fourth-order valence-corrected chi connectivity index (χ4v) is 1.87. The van der Waals surface area contributed by atoms with Crippen molar-refractivity contribution in [3.8, 4) is 6.07 Å². The molecule has 0 bridgehead atoms. The van der Waals surface area contributed by atoms with Gasteiger partial charge in [-0.05, 0) is 24.3 Å². The number of hydrogen-bond acceptors (Lipinski definition) is 2. The molecule has 0 amide bonds. The molecule has 102 valence electrons. The van der Waals surface area contributed by atoms with Crippen LogP contribution in [0.25, 0.3) is 0 Å². The number of rotatable bonds is 3. The van der Waals surface area contributed by atoms with E-state index in [0.29, 0.717) is 22.8 Å². The predicted molar refractivity (Wildman–Crippen MR) is 69.7 cm³/mol. The monoisotopic (exact) mass is 296 g/mol. The molecule has 2 rings (SSSR count). The summed E-state index contributed by atoms with van der Waals surface area (Å²) in [6.45, 7) is 0. The lowest BCUT2D eigenvalue weighted by atomic mass is 10.1. The average Bonchev–Trinajstić information content (AvgIpc) is 2.40. The van der Waals surface area contributed by atoms with Crippen molar-refractivity contribution in [3.63, 3.8) is 0 Å². The van der Waals surface area contributed by atoms with E-state index in [1.807, 2.05) is 0 Å². The van der Waals surface area contributed by atoms with Crippen molar-refractivity contribution in [1.82, 2.24) is 0 Å². The molecule has 0 aliphatic heterocycles. The molecule has 0 fully saturated rings. The third-order valence-electron chi connectivity index (χ3n) is 2.62. The highest BCUT2D eigenvalue weighted by Crippen LogP contribution is 2.25. The highest BCUT2D eigenvalue weighted by molar-refractivity contribution is 6.30. The van der Waals surface area contributed by atoms with Gasteiger partial charge in [0.1, 0.15) is 11.9 Å². The number of anilines is 1. The van der Waals surface area contributed by atoms with Crippen LogP contribution in [0.15, 0.2) is 36.4 Å². The van der Waals surface area contributed by atoms with Crippen molar-refractivity contribution in [1.29, 1.82) is 5.26 Å². The largest absolute Gasteiger partial charge is 0.366 e. The van der Waals surface area contributed by atoms with Gasteiger partial charge in [0.15, 0.2) is 11.6 Å². The van der Waals surface area contributed by atoms with E-state index in [4.69, 9.17) is 16.9 Å². The Hall–Kier alpha value is -2.19. The lowest BCUT2D eigenvalue weighted by molar-refractivity contribution is 0.489. The molecule has 0 aliphatic rings. The predicted octanol–water partition coefficient (Wildman–Crippen LogP) is 4.43. The van der Waals surface area contributed by atoms with Gasteiger partial charge in [-0.3, -0.25) is 0 Å². The summed E-state index contributed by atoms with van der Waals surface area (Å²) in [6.07, 6.45) is 0. The topological polar surface area (TPSA) is 35.8 Å². The SMILES string of the molecule is N#CC(Nc1cccc(Cl)c1)c1cc(F)c(F)cc1F. The molecule has 0 aliphatic carbocycles. The quantitative estimate of drug-likeness (QED) is 0.850. The molecule has 0 heterocycles. The molecule has 6 heteroatoms. The lowest BCUT2D eigenvalue weighted by Gasteiger charge is -2.14. The Morgan fingerprint density at radius 1 is 1.05 bits per heavy atom. The minimum atomic E-state index is -1.30. The van der Waals surface area contributed by atoms with Gasteiger partial charge in [-0.15, -0.1) is 0 Å². The highest BCUT2D eigenvalue weighted by atomic mass is 35.5. The first-order chi connectivity index (χ1) is 9.51. The van der Waals surface area contributed by atoms with Crippen LogP contribution in [0.2, 0.25) is 5.02 Å². The van der Waals surface area contributed by atoms with Gasteiger partial charge in [-0.1, -0.05) is 17.7 Å². The summed E-state index contributed by atoms with van der Waals surface area (Å²) in [4.78, 5) is 0. The lowest BCUT2D eigenvalue weighted by Crippen LogP contribution is -2.11. The maximum absolute atomic E-state index is 13.6. The zero-order chi connectivity index (χ0) is 14.7. The summed E-state index contributed by atoms with van der Waals surface area (Å²) in [6, 6.07) is 8.12. The third kappa shape index (κ3) is 3.03. The molecule has 0 radical (unpaired) electrons. The molecule has 20 heavy (non-hydrogen) atoms. The molecule has 0 saturated heterocycles. The van der Waals surface area contributed by atoms with Gasteiger partial charge < -0.3 is 5.32 Å². The van der Waals surface area contributed by atoms with Crippen LogP contribution in [0.5, 0.6) is 0 Å². The van der Waals surface area contributed by atoms with E-state index >= 15 is 0 Å². The molecule has 2 aromatic carbocycles. The van der Waals surface area contributed by atoms with Gasteiger partial charge in [0.2, 0.25) is 0 Å². The molecule has 2 nitrogen and oxygen atoms in total. The van der Waals surface area contributed by atoms with E-state index in [9.17, 15) is 13.2 Å². The summed E-state index contributed by atoms with van der Waals surface area (Å²) in [5.41, 5.74) is 0.194. The summed E-state index contributed by atoms with van der Waals surface area (Å²) in [5, 5.41) is 12.2. The smallest absolute Gasteiger partial charge is 0.161 e. The van der Waals surface area contributed by atoms with E-state index < -0.39 is 23.5 Å². The van der Waals surface area contributed by atoms with Crippen LogP contribution in [-0.4, -0.2) is 0 Å². The Balaban J connectivity index is 2.34. The van der Waals surface area contributed by atoms with Crippen LogP contribution in [0.4, 0.5) is 18.9 Å². The second-order valence-electron chi connectivity index (χ2n) is 4.00. The van der Waals surface area contributed by atoms with E-state index in [1.54, 1.807) is 24.3 Å². The van der Waals surface area contributed by atoms with Gasteiger partial charge in [0.05, 0.1) is 6.07 Å². The number of nitriles is 1. The van der Waals surface area contributed by atoms with Crippen LogP contribution in [0, 0.1) is 28.8 Å². The number of nitrogens with zero attached hydrogens (tertiary/aromatic N) is 1. The molecule has 0 aromatic heterocycles. The number of benzene rings is 2. The third-order valence-corrected chi connectivity index (χ3v) is 2.85. The summed E-state index contributed by atoms with van der Waals surface area (Å²) >= 11 is 5.79. The molecular weight excluding hydrogens is 289 g/mol. The fourth-order valence-electron chi connectivity index (χ4n) is 1.68. The van der Waals surface area contributed by atoms with Crippen LogP contribution in [0.1, 0.15) is 11.6 Å². The Morgan fingerprint density at radius 2 is 1.75 bits per heavy atom. The Labute approximate surface area is 118 Å². The van der Waals surface area contributed by atoms with Crippen LogP contribution in [-0.2, 0) is 0 Å². The van der Waals surface area contributed by atoms with Crippen molar-refractivity contribution in [2.24, 2.45) is 0 Å². The van der Waals surface area contributed by atoms with Gasteiger partial charge in [-0.25, -0.2) is 13.2 Å². The zero-order valence-electron chi connectivity index (χ0n) is 10.0. The minimum Gasteiger partial charge on any atom is -0.366 e. The first-order valence-electron chi connectivity index (χ1n) is 5.57. The Bertz CT molecular complexity index is 683. The van der Waals surface area contributed by atoms with Gasteiger partial charge in [0, 0.05) is 22.3 Å². The van der Waals surface area contributed by atoms with Crippen LogP contribution < -0.4 is 5.32 Å². The zero-order valence-corrected chi connectivity index (χ0v) is 10.8. The van der Waals surface area contributed by atoms with E-state index in [0.717, 1.165) is 0 Å². The molecule has 1 N–H and O–H groups in total. The fraction of sp³-hybridized carbons (Fsp3) is 0.0714. The molecule has 1 unspecified atom stereocenters. The molecule has 0 spiro atoms. The van der Waals surface area contributed by atoms with E-state index in [-0.39, 0.29) is 5.56 Å². The normalized spacial score (nSPS) is 11.8.